The van der Waals surface area contributed by atoms with Gasteiger partial charge in [-0.05, 0) is 123 Å². The summed E-state index contributed by atoms with van der Waals surface area (Å²) in [6, 6.07) is 0. The Bertz CT molecular complexity index is 734. The number of nitrogens with two attached hydrogens (primary N) is 1. The molecule has 5 rings (SSSR count). The van der Waals surface area contributed by atoms with Gasteiger partial charge >= 0.3 is 0 Å². The third-order valence-electron chi connectivity index (χ3n) is 11.4. The number of ether oxygens (including phenoxy) is 1. The standard InChI is InChI=1S/C27H47N3O/c1-17(2)29-30(28)15-19(4)24-18(3)13-23-25(24,5)10-9-22-26-11-7-20(16-31-6)14-21(26)8-12-27(22,23)26/h18-24H,7-16,28H2,1-6H3. The Morgan fingerprint density at radius 3 is 2.55 bits per heavy atom. The van der Waals surface area contributed by atoms with Gasteiger partial charge in [0.15, 0.2) is 0 Å². The molecule has 176 valence electrons. The molecule has 0 aromatic rings. The summed E-state index contributed by atoms with van der Waals surface area (Å²) < 4.78 is 5.57. The van der Waals surface area contributed by atoms with Crippen LogP contribution < -0.4 is 5.84 Å². The minimum absolute atomic E-state index is 0.489. The summed E-state index contributed by atoms with van der Waals surface area (Å²) in [4.78, 5) is 0. The van der Waals surface area contributed by atoms with E-state index in [1.54, 1.807) is 5.12 Å². The van der Waals surface area contributed by atoms with Gasteiger partial charge in [-0.15, -0.1) is 0 Å². The molecule has 5 aliphatic carbocycles. The van der Waals surface area contributed by atoms with Gasteiger partial charge in [-0.1, -0.05) is 20.8 Å². The predicted octanol–water partition coefficient (Wildman–Crippen LogP) is 5.73. The highest BCUT2D eigenvalue weighted by atomic mass is 16.5. The van der Waals surface area contributed by atoms with Crippen molar-refractivity contribution >= 4 is 5.71 Å². The van der Waals surface area contributed by atoms with E-state index < -0.39 is 0 Å². The fourth-order valence-electron chi connectivity index (χ4n) is 11.2. The van der Waals surface area contributed by atoms with Crippen LogP contribution >= 0.6 is 0 Å². The van der Waals surface area contributed by atoms with Crippen LogP contribution in [0, 0.1) is 57.7 Å². The van der Waals surface area contributed by atoms with Crippen LogP contribution in [0.25, 0.3) is 0 Å². The van der Waals surface area contributed by atoms with Gasteiger partial charge in [0.2, 0.25) is 0 Å². The summed E-state index contributed by atoms with van der Waals surface area (Å²) in [5.74, 6) is 12.2. The lowest BCUT2D eigenvalue weighted by Gasteiger charge is -2.47. The van der Waals surface area contributed by atoms with Gasteiger partial charge in [0, 0.05) is 19.4 Å². The average molecular weight is 430 g/mol. The summed E-state index contributed by atoms with van der Waals surface area (Å²) in [7, 11) is 1.89. The maximum atomic E-state index is 6.28. The number of rotatable bonds is 6. The summed E-state index contributed by atoms with van der Waals surface area (Å²) >= 11 is 0. The van der Waals surface area contributed by atoms with E-state index in [4.69, 9.17) is 10.6 Å². The molecular formula is C27H47N3O. The second-order valence-corrected chi connectivity index (χ2v) is 12.9. The molecule has 2 spiro atoms. The van der Waals surface area contributed by atoms with Gasteiger partial charge in [-0.25, -0.2) is 11.0 Å². The quantitative estimate of drug-likeness (QED) is 0.333. The van der Waals surface area contributed by atoms with E-state index in [1.165, 1.54) is 51.4 Å². The van der Waals surface area contributed by atoms with Crippen molar-refractivity contribution < 1.29 is 4.74 Å². The molecular weight excluding hydrogens is 382 g/mol. The Morgan fingerprint density at radius 2 is 1.84 bits per heavy atom. The lowest BCUT2D eigenvalue weighted by molar-refractivity contribution is 0.00386. The van der Waals surface area contributed by atoms with E-state index in [1.807, 2.05) is 21.0 Å². The Morgan fingerprint density at radius 1 is 1.10 bits per heavy atom. The average Bonchev–Trinajstić information content (AvgIpc) is 2.93. The first-order valence-electron chi connectivity index (χ1n) is 13.2. The number of hydrazone groups is 1. The molecule has 0 radical (unpaired) electrons. The Labute approximate surface area is 190 Å². The maximum Gasteiger partial charge on any atom is 0.0559 e. The Kier molecular flexibility index (Phi) is 5.33. The summed E-state index contributed by atoms with van der Waals surface area (Å²) in [5, 5.41) is 6.23. The maximum absolute atomic E-state index is 6.28. The lowest BCUT2D eigenvalue weighted by Crippen LogP contribution is -2.44. The van der Waals surface area contributed by atoms with Crippen LogP contribution in [-0.4, -0.2) is 31.1 Å². The molecule has 31 heavy (non-hydrogen) atoms. The van der Waals surface area contributed by atoms with Crippen LogP contribution in [0.2, 0.25) is 0 Å². The van der Waals surface area contributed by atoms with Crippen molar-refractivity contribution in [2.75, 3.05) is 20.3 Å². The molecule has 0 saturated heterocycles. The number of hydrogen-bond acceptors (Lipinski definition) is 4. The molecule has 0 heterocycles. The zero-order chi connectivity index (χ0) is 22.2. The molecule has 5 saturated carbocycles. The second kappa shape index (κ2) is 7.45. The molecule has 0 bridgehead atoms. The van der Waals surface area contributed by atoms with Crippen molar-refractivity contribution in [3.05, 3.63) is 0 Å². The number of methoxy groups -OCH3 is 1. The van der Waals surface area contributed by atoms with Crippen LogP contribution in [0.1, 0.15) is 86.0 Å². The molecule has 10 atom stereocenters. The highest BCUT2D eigenvalue weighted by Gasteiger charge is 2.86. The first-order chi connectivity index (χ1) is 14.7. The molecule has 5 fully saturated rings. The zero-order valence-electron chi connectivity index (χ0n) is 21.0. The SMILES string of the molecule is COCC1CCC23C(CCC24C2CC(C)C(C(C)CN(N)N=C(C)C)C2(C)CCC34)C1. The first-order valence-corrected chi connectivity index (χ1v) is 13.2. The van der Waals surface area contributed by atoms with Crippen LogP contribution in [0.4, 0.5) is 0 Å². The summed E-state index contributed by atoms with van der Waals surface area (Å²) in [6.45, 7) is 13.6. The van der Waals surface area contributed by atoms with Crippen molar-refractivity contribution in [2.24, 2.45) is 68.6 Å². The fourth-order valence-corrected chi connectivity index (χ4v) is 11.2. The highest BCUT2D eigenvalue weighted by Crippen LogP contribution is 2.92. The number of hydrogen-bond donors (Lipinski definition) is 1. The lowest BCUT2D eigenvalue weighted by atomic mass is 9.57. The Hall–Kier alpha value is -0.610. The van der Waals surface area contributed by atoms with E-state index in [0.29, 0.717) is 22.2 Å². The van der Waals surface area contributed by atoms with E-state index in [0.717, 1.165) is 54.4 Å². The minimum Gasteiger partial charge on any atom is -0.384 e. The summed E-state index contributed by atoms with van der Waals surface area (Å²) in [5.41, 5.74) is 2.93. The summed E-state index contributed by atoms with van der Waals surface area (Å²) in [6.07, 6.45) is 11.8. The van der Waals surface area contributed by atoms with E-state index >= 15 is 0 Å². The van der Waals surface area contributed by atoms with Crippen molar-refractivity contribution in [1.82, 2.24) is 5.12 Å². The predicted molar refractivity (Wildman–Crippen MR) is 127 cm³/mol. The molecule has 2 N–H and O–H groups in total. The van der Waals surface area contributed by atoms with Gasteiger partial charge in [-0.2, -0.15) is 5.10 Å². The molecule has 0 aromatic carbocycles. The zero-order valence-corrected chi connectivity index (χ0v) is 21.0. The molecule has 5 aliphatic rings. The van der Waals surface area contributed by atoms with E-state index in [-0.39, 0.29) is 0 Å². The van der Waals surface area contributed by atoms with Gasteiger partial charge in [0.05, 0.1) is 6.54 Å². The van der Waals surface area contributed by atoms with Crippen molar-refractivity contribution in [3.63, 3.8) is 0 Å². The van der Waals surface area contributed by atoms with Crippen molar-refractivity contribution in [1.29, 1.82) is 0 Å². The molecule has 0 aromatic heterocycles. The number of nitrogens with zero attached hydrogens (tertiary/aromatic N) is 2. The van der Waals surface area contributed by atoms with Crippen LogP contribution in [-0.2, 0) is 4.74 Å². The first kappa shape index (κ1) is 22.2. The molecule has 4 heteroatoms. The number of hydrazine groups is 1. The van der Waals surface area contributed by atoms with Gasteiger partial charge in [0.25, 0.3) is 0 Å². The smallest absolute Gasteiger partial charge is 0.0559 e. The van der Waals surface area contributed by atoms with Gasteiger partial charge in [-0.3, -0.25) is 0 Å². The largest absolute Gasteiger partial charge is 0.384 e. The molecule has 4 nitrogen and oxygen atoms in total. The van der Waals surface area contributed by atoms with Gasteiger partial charge < -0.3 is 4.74 Å². The van der Waals surface area contributed by atoms with Gasteiger partial charge in [0.1, 0.15) is 0 Å². The number of fused-ring (bicyclic) bond motifs is 1. The minimum atomic E-state index is 0.489. The normalized spacial score (nSPS) is 50.7. The monoisotopic (exact) mass is 429 g/mol. The van der Waals surface area contributed by atoms with Crippen LogP contribution in [0.5, 0.6) is 0 Å². The van der Waals surface area contributed by atoms with Crippen LogP contribution in [0.15, 0.2) is 5.10 Å². The Balaban J connectivity index is 1.38. The van der Waals surface area contributed by atoms with Crippen molar-refractivity contribution in [2.45, 2.75) is 86.0 Å². The topological polar surface area (TPSA) is 50.9 Å². The van der Waals surface area contributed by atoms with E-state index in [2.05, 4.69) is 25.9 Å². The second-order valence-electron chi connectivity index (χ2n) is 12.9. The molecule has 0 aliphatic heterocycles. The third-order valence-corrected chi connectivity index (χ3v) is 11.4. The van der Waals surface area contributed by atoms with Crippen LogP contribution in [0.3, 0.4) is 0 Å². The molecule has 10 unspecified atom stereocenters. The van der Waals surface area contributed by atoms with Crippen molar-refractivity contribution in [3.8, 4) is 0 Å². The molecule has 0 amide bonds. The highest BCUT2D eigenvalue weighted by molar-refractivity contribution is 5.78. The van der Waals surface area contributed by atoms with E-state index in [9.17, 15) is 0 Å². The fraction of sp³-hybridized carbons (Fsp3) is 0.963. The third kappa shape index (κ3) is 2.89.